The van der Waals surface area contributed by atoms with Gasteiger partial charge in [-0.25, -0.2) is 4.79 Å². The number of hydrogen-bond donors (Lipinski definition) is 2. The number of carbonyl (C=O) groups excluding carboxylic acids is 3. The second kappa shape index (κ2) is 14.2. The summed E-state index contributed by atoms with van der Waals surface area (Å²) in [5, 5.41) is 12.2. The molecule has 9 nitrogen and oxygen atoms in total. The Morgan fingerprint density at radius 2 is 1.45 bits per heavy atom. The summed E-state index contributed by atoms with van der Waals surface area (Å²) >= 11 is 0. The van der Waals surface area contributed by atoms with Crippen LogP contribution < -0.4 is 5.32 Å². The number of ether oxygens (including phenoxy) is 1. The lowest BCUT2D eigenvalue weighted by molar-refractivity contribution is -0.141. The first-order chi connectivity index (χ1) is 19.0. The Hall–Kier alpha value is -3.36. The Labute approximate surface area is 252 Å². The number of hydrogen-bond acceptors (Lipinski definition) is 5. The molecular formula is C33H53N3O6. The van der Waals surface area contributed by atoms with E-state index in [0.29, 0.717) is 5.57 Å². The smallest absolute Gasteiger partial charge is 0.410 e. The van der Waals surface area contributed by atoms with E-state index in [4.69, 9.17) is 4.74 Å². The van der Waals surface area contributed by atoms with E-state index < -0.39 is 46.5 Å². The van der Waals surface area contributed by atoms with Gasteiger partial charge in [-0.15, -0.1) is 0 Å². The molecule has 3 atom stereocenters. The van der Waals surface area contributed by atoms with Crippen molar-refractivity contribution in [3.63, 3.8) is 0 Å². The average Bonchev–Trinajstić information content (AvgIpc) is 2.83. The largest absolute Gasteiger partial charge is 0.481 e. The number of carboxylic acid groups (broad SMARTS) is 1. The summed E-state index contributed by atoms with van der Waals surface area (Å²) in [7, 11) is 3.20. The molecule has 3 amide bonds. The fourth-order valence-corrected chi connectivity index (χ4v) is 5.01. The van der Waals surface area contributed by atoms with Gasteiger partial charge in [-0.2, -0.15) is 0 Å². The first-order valence-corrected chi connectivity index (χ1v) is 14.5. The lowest BCUT2D eigenvalue weighted by Gasteiger charge is -2.42. The van der Waals surface area contributed by atoms with Crippen LogP contribution in [0.2, 0.25) is 0 Å². The summed E-state index contributed by atoms with van der Waals surface area (Å²) in [6.45, 7) is 20.3. The van der Waals surface area contributed by atoms with Gasteiger partial charge in [0.15, 0.2) is 0 Å². The van der Waals surface area contributed by atoms with E-state index in [1.807, 2.05) is 78.8 Å². The van der Waals surface area contributed by atoms with Crippen molar-refractivity contribution in [2.24, 2.45) is 11.3 Å². The Morgan fingerprint density at radius 3 is 1.88 bits per heavy atom. The normalized spacial score (nSPS) is 15.0. The summed E-state index contributed by atoms with van der Waals surface area (Å²) < 4.78 is 5.63. The van der Waals surface area contributed by atoms with Gasteiger partial charge in [0.2, 0.25) is 11.8 Å². The van der Waals surface area contributed by atoms with Crippen molar-refractivity contribution < 1.29 is 29.0 Å². The molecule has 0 spiro atoms. The maximum absolute atomic E-state index is 14.3. The van der Waals surface area contributed by atoms with Crippen molar-refractivity contribution in [2.45, 2.75) is 112 Å². The van der Waals surface area contributed by atoms with Crippen LogP contribution in [0.3, 0.4) is 0 Å². The zero-order valence-corrected chi connectivity index (χ0v) is 27.9. The molecule has 9 heteroatoms. The molecule has 1 aromatic carbocycles. The SMILES string of the molecule is CC(=C[C@H](C(C)C)N(C)C(=O)[C@@H](NC(=O)[C@@H](N(C)C(=O)OC(C)(C)C)C(C)(C)c1ccccc1)C(C)(C)C)CC(=O)O. The van der Waals surface area contributed by atoms with Crippen molar-refractivity contribution in [2.75, 3.05) is 14.1 Å². The first-order valence-electron chi connectivity index (χ1n) is 14.5. The molecule has 1 aromatic rings. The van der Waals surface area contributed by atoms with Crippen molar-refractivity contribution in [1.82, 2.24) is 15.1 Å². The standard InChI is InChI=1S/C33H53N3O6/c1-21(2)24(19-22(3)20-25(37)38)35(12)29(40)26(31(4,5)6)34-28(39)27(36(13)30(41)42-32(7,8)9)33(10,11)23-17-15-14-16-18-23/h14-19,21,24,26-27H,20H2,1-13H3,(H,34,39)(H,37,38)/t24-,26-,27-/m1/s1. The molecule has 0 aliphatic heterocycles. The minimum atomic E-state index is -1.02. The molecule has 0 unspecified atom stereocenters. The fraction of sp³-hybridized carbons (Fsp3) is 0.636. The van der Waals surface area contributed by atoms with Crippen molar-refractivity contribution in [3.8, 4) is 0 Å². The van der Waals surface area contributed by atoms with Gasteiger partial charge in [-0.1, -0.05) is 90.4 Å². The fourth-order valence-electron chi connectivity index (χ4n) is 5.01. The molecule has 0 radical (unpaired) electrons. The van der Waals surface area contributed by atoms with Crippen LogP contribution in [-0.4, -0.2) is 76.6 Å². The maximum atomic E-state index is 14.3. The number of nitrogens with zero attached hydrogens (tertiary/aromatic N) is 2. The summed E-state index contributed by atoms with van der Waals surface area (Å²) in [4.78, 5) is 55.7. The van der Waals surface area contributed by atoms with E-state index in [0.717, 1.165) is 5.56 Å². The minimum Gasteiger partial charge on any atom is -0.481 e. The van der Waals surface area contributed by atoms with Crippen LogP contribution in [0, 0.1) is 11.3 Å². The Balaban J connectivity index is 3.57. The first kappa shape index (κ1) is 36.7. The molecule has 0 bridgehead atoms. The second-order valence-electron chi connectivity index (χ2n) is 14.2. The number of carbonyl (C=O) groups is 4. The van der Waals surface area contributed by atoms with Gasteiger partial charge in [-0.3, -0.25) is 19.3 Å². The lowest BCUT2D eigenvalue weighted by atomic mass is 9.76. The molecule has 0 heterocycles. The molecule has 0 aliphatic carbocycles. The van der Waals surface area contributed by atoms with Crippen LogP contribution in [0.25, 0.3) is 0 Å². The highest BCUT2D eigenvalue weighted by molar-refractivity contribution is 5.93. The number of rotatable bonds is 11. The van der Waals surface area contributed by atoms with Crippen molar-refractivity contribution in [3.05, 3.63) is 47.5 Å². The van der Waals surface area contributed by atoms with Crippen LogP contribution in [0.5, 0.6) is 0 Å². The van der Waals surface area contributed by atoms with E-state index >= 15 is 0 Å². The van der Waals surface area contributed by atoms with Crippen LogP contribution >= 0.6 is 0 Å². The molecule has 1 rings (SSSR count). The molecule has 0 saturated carbocycles. The van der Waals surface area contributed by atoms with Crippen LogP contribution in [0.1, 0.15) is 88.1 Å². The average molecular weight is 588 g/mol. The third-order valence-electron chi connectivity index (χ3n) is 7.28. The molecule has 236 valence electrons. The van der Waals surface area contributed by atoms with E-state index in [1.54, 1.807) is 45.7 Å². The summed E-state index contributed by atoms with van der Waals surface area (Å²) in [5.74, 6) is -1.76. The van der Waals surface area contributed by atoms with E-state index in [1.165, 1.54) is 11.9 Å². The number of likely N-dealkylation sites (N-methyl/N-ethyl adjacent to an activating group) is 2. The van der Waals surface area contributed by atoms with Gasteiger partial charge in [0.05, 0.1) is 12.5 Å². The van der Waals surface area contributed by atoms with Crippen molar-refractivity contribution in [1.29, 1.82) is 0 Å². The molecular weight excluding hydrogens is 534 g/mol. The maximum Gasteiger partial charge on any atom is 0.410 e. The second-order valence-corrected chi connectivity index (χ2v) is 14.2. The van der Waals surface area contributed by atoms with Crippen LogP contribution in [0.15, 0.2) is 42.0 Å². The predicted molar refractivity (Wildman–Crippen MR) is 166 cm³/mol. The topological polar surface area (TPSA) is 116 Å². The van der Waals surface area contributed by atoms with Gasteiger partial charge < -0.3 is 20.1 Å². The number of nitrogens with one attached hydrogen (secondary N) is 1. The van der Waals surface area contributed by atoms with Crippen LogP contribution in [-0.2, 0) is 24.5 Å². The van der Waals surface area contributed by atoms with Gasteiger partial charge in [0.25, 0.3) is 0 Å². The van der Waals surface area contributed by atoms with Crippen LogP contribution in [0.4, 0.5) is 4.79 Å². The highest BCUT2D eigenvalue weighted by Crippen LogP contribution is 2.32. The van der Waals surface area contributed by atoms with E-state index in [9.17, 15) is 24.3 Å². The van der Waals surface area contributed by atoms with Gasteiger partial charge in [0.1, 0.15) is 17.7 Å². The molecule has 0 fully saturated rings. The highest BCUT2D eigenvalue weighted by atomic mass is 16.6. The third kappa shape index (κ3) is 10.2. The molecule has 0 saturated heterocycles. The van der Waals surface area contributed by atoms with Crippen molar-refractivity contribution >= 4 is 23.9 Å². The molecule has 2 N–H and O–H groups in total. The van der Waals surface area contributed by atoms with E-state index in [2.05, 4.69) is 5.32 Å². The Morgan fingerprint density at radius 1 is 0.929 bits per heavy atom. The molecule has 0 aromatic heterocycles. The summed E-state index contributed by atoms with van der Waals surface area (Å²) in [6.07, 6.45) is 1.02. The zero-order chi connectivity index (χ0) is 32.8. The zero-order valence-electron chi connectivity index (χ0n) is 27.9. The third-order valence-corrected chi connectivity index (χ3v) is 7.28. The van der Waals surface area contributed by atoms with Gasteiger partial charge in [-0.05, 0) is 44.6 Å². The molecule has 42 heavy (non-hydrogen) atoms. The predicted octanol–water partition coefficient (Wildman–Crippen LogP) is 5.63. The Bertz CT molecular complexity index is 1130. The Kier molecular flexibility index (Phi) is 12.4. The van der Waals surface area contributed by atoms with E-state index in [-0.39, 0.29) is 24.3 Å². The minimum absolute atomic E-state index is 0.0120. The monoisotopic (exact) mass is 587 g/mol. The lowest BCUT2D eigenvalue weighted by Crippen LogP contribution is -2.63. The van der Waals surface area contributed by atoms with Gasteiger partial charge in [0, 0.05) is 19.5 Å². The highest BCUT2D eigenvalue weighted by Gasteiger charge is 2.45. The number of carboxylic acids is 1. The quantitative estimate of drug-likeness (QED) is 0.324. The van der Waals surface area contributed by atoms with Gasteiger partial charge >= 0.3 is 12.1 Å². The molecule has 0 aliphatic rings. The number of amides is 3. The number of aliphatic carboxylic acids is 1. The number of benzene rings is 1. The summed E-state index contributed by atoms with van der Waals surface area (Å²) in [6, 6.07) is 7.10. The summed E-state index contributed by atoms with van der Waals surface area (Å²) in [5.41, 5.74) is -0.829.